The largest absolute Gasteiger partial charge is 0.354 e. The summed E-state index contributed by atoms with van der Waals surface area (Å²) in [6.45, 7) is 3.06. The molecule has 0 bridgehead atoms. The summed E-state index contributed by atoms with van der Waals surface area (Å²) in [5, 5.41) is 4.22. The van der Waals surface area contributed by atoms with Crippen LogP contribution in [-0.2, 0) is 6.54 Å². The van der Waals surface area contributed by atoms with E-state index in [1.165, 1.54) is 4.88 Å². The molecule has 0 fully saturated rings. The van der Waals surface area contributed by atoms with Crippen molar-refractivity contribution in [2.75, 3.05) is 46.2 Å². The van der Waals surface area contributed by atoms with Gasteiger partial charge in [0.2, 0.25) is 0 Å². The van der Waals surface area contributed by atoms with E-state index in [-0.39, 0.29) is 0 Å². The molecule has 0 saturated heterocycles. The average molecular weight is 228 g/mol. The highest BCUT2D eigenvalue weighted by Gasteiger charge is 2.05. The number of thiazole rings is 1. The minimum absolute atomic E-state index is 0.979. The fourth-order valence-electron chi connectivity index (χ4n) is 1.22. The van der Waals surface area contributed by atoms with Crippen LogP contribution in [0.1, 0.15) is 4.88 Å². The van der Waals surface area contributed by atoms with Crippen LogP contribution in [-0.4, -0.2) is 51.2 Å². The van der Waals surface area contributed by atoms with Gasteiger partial charge < -0.3 is 10.2 Å². The van der Waals surface area contributed by atoms with Crippen molar-refractivity contribution in [2.45, 2.75) is 6.54 Å². The maximum atomic E-state index is 4.35. The number of nitrogens with one attached hydrogen (secondary N) is 1. The van der Waals surface area contributed by atoms with Gasteiger partial charge in [-0.3, -0.25) is 4.90 Å². The molecule has 0 aliphatic rings. The van der Waals surface area contributed by atoms with Gasteiger partial charge >= 0.3 is 0 Å². The Labute approximate surface area is 95.9 Å². The van der Waals surface area contributed by atoms with Gasteiger partial charge in [0, 0.05) is 44.8 Å². The van der Waals surface area contributed by atoms with E-state index in [2.05, 4.69) is 22.2 Å². The van der Waals surface area contributed by atoms with Gasteiger partial charge in [0.15, 0.2) is 5.13 Å². The zero-order valence-electron chi connectivity index (χ0n) is 9.95. The van der Waals surface area contributed by atoms with Crippen LogP contribution < -0.4 is 10.2 Å². The number of aromatic nitrogens is 1. The van der Waals surface area contributed by atoms with Crippen LogP contribution in [0.15, 0.2) is 6.20 Å². The molecule has 1 aromatic heterocycles. The molecule has 1 aromatic rings. The van der Waals surface area contributed by atoms with Gasteiger partial charge in [-0.05, 0) is 14.1 Å². The second kappa shape index (κ2) is 6.05. The van der Waals surface area contributed by atoms with Gasteiger partial charge in [-0.15, -0.1) is 11.3 Å². The third-order valence-electron chi connectivity index (χ3n) is 2.09. The minimum Gasteiger partial charge on any atom is -0.354 e. The molecule has 1 heterocycles. The van der Waals surface area contributed by atoms with Crippen molar-refractivity contribution in [2.24, 2.45) is 0 Å². The standard InChI is InChI=1S/C10H20N4S/c1-11-5-6-14(4)8-9-7-12-10(15-9)13(2)3/h7,11H,5-6,8H2,1-4H3. The maximum absolute atomic E-state index is 4.35. The first-order valence-corrected chi connectivity index (χ1v) is 5.90. The summed E-state index contributed by atoms with van der Waals surface area (Å²) in [7, 11) is 8.15. The predicted molar refractivity (Wildman–Crippen MR) is 66.7 cm³/mol. The lowest BCUT2D eigenvalue weighted by molar-refractivity contribution is 0.331. The van der Waals surface area contributed by atoms with E-state index in [1.54, 1.807) is 11.3 Å². The van der Waals surface area contributed by atoms with E-state index in [0.29, 0.717) is 0 Å². The fourth-order valence-corrected chi connectivity index (χ4v) is 2.14. The highest BCUT2D eigenvalue weighted by atomic mass is 32.1. The third-order valence-corrected chi connectivity index (χ3v) is 3.24. The summed E-state index contributed by atoms with van der Waals surface area (Å²) in [5.74, 6) is 0. The monoisotopic (exact) mass is 228 g/mol. The van der Waals surface area contributed by atoms with Crippen LogP contribution in [0.2, 0.25) is 0 Å². The molecule has 0 radical (unpaired) electrons. The fraction of sp³-hybridized carbons (Fsp3) is 0.700. The molecule has 0 amide bonds. The molecule has 0 atom stereocenters. The number of anilines is 1. The minimum atomic E-state index is 0.979. The second-order valence-corrected chi connectivity index (χ2v) is 4.94. The van der Waals surface area contributed by atoms with E-state index in [0.717, 1.165) is 24.8 Å². The first-order chi connectivity index (χ1) is 7.13. The molecule has 86 valence electrons. The molecule has 4 nitrogen and oxygen atoms in total. The van der Waals surface area contributed by atoms with Gasteiger partial charge in [-0.1, -0.05) is 0 Å². The van der Waals surface area contributed by atoms with Gasteiger partial charge in [0.1, 0.15) is 0 Å². The molecule has 1 N–H and O–H groups in total. The van der Waals surface area contributed by atoms with Gasteiger partial charge in [-0.2, -0.15) is 0 Å². The first-order valence-electron chi connectivity index (χ1n) is 5.08. The summed E-state index contributed by atoms with van der Waals surface area (Å²) >= 11 is 1.76. The first kappa shape index (κ1) is 12.4. The number of rotatable bonds is 6. The summed E-state index contributed by atoms with van der Waals surface area (Å²) in [4.78, 5) is 10.0. The van der Waals surface area contributed by atoms with Crippen LogP contribution in [0.25, 0.3) is 0 Å². The Balaban J connectivity index is 2.42. The number of hydrogen-bond acceptors (Lipinski definition) is 5. The predicted octanol–water partition coefficient (Wildman–Crippen LogP) is 0.860. The Morgan fingerprint density at radius 3 is 2.67 bits per heavy atom. The van der Waals surface area contributed by atoms with Crippen LogP contribution in [0.4, 0.5) is 5.13 Å². The molecule has 0 unspecified atom stereocenters. The van der Waals surface area contributed by atoms with E-state index >= 15 is 0 Å². The van der Waals surface area contributed by atoms with Crippen LogP contribution in [0, 0.1) is 0 Å². The van der Waals surface area contributed by atoms with Crippen LogP contribution in [0.5, 0.6) is 0 Å². The summed E-state index contributed by atoms with van der Waals surface area (Å²) in [6.07, 6.45) is 1.97. The van der Waals surface area contributed by atoms with Crippen LogP contribution >= 0.6 is 11.3 Å². The molecule has 5 heteroatoms. The molecular formula is C10H20N4S. The van der Waals surface area contributed by atoms with E-state index < -0.39 is 0 Å². The molecule has 0 aliphatic carbocycles. The average Bonchev–Trinajstić information content (AvgIpc) is 2.63. The Morgan fingerprint density at radius 1 is 1.40 bits per heavy atom. The van der Waals surface area contributed by atoms with E-state index in [4.69, 9.17) is 0 Å². The molecule has 0 saturated carbocycles. The van der Waals surface area contributed by atoms with E-state index in [1.807, 2.05) is 32.2 Å². The van der Waals surface area contributed by atoms with E-state index in [9.17, 15) is 0 Å². The van der Waals surface area contributed by atoms with Crippen molar-refractivity contribution in [3.8, 4) is 0 Å². The lowest BCUT2D eigenvalue weighted by Gasteiger charge is -2.14. The smallest absolute Gasteiger partial charge is 0.185 e. The quantitative estimate of drug-likeness (QED) is 0.782. The van der Waals surface area contributed by atoms with Crippen molar-refractivity contribution < 1.29 is 0 Å². The summed E-state index contributed by atoms with van der Waals surface area (Å²) in [5.41, 5.74) is 0. The Hall–Kier alpha value is -0.650. The molecule has 1 rings (SSSR count). The van der Waals surface area contributed by atoms with Crippen molar-refractivity contribution in [1.82, 2.24) is 15.2 Å². The molecule has 15 heavy (non-hydrogen) atoms. The second-order valence-electron chi connectivity index (χ2n) is 3.84. The normalized spacial score (nSPS) is 11.0. The molecule has 0 spiro atoms. The number of nitrogens with zero attached hydrogens (tertiary/aromatic N) is 3. The molecule has 0 aromatic carbocycles. The number of likely N-dealkylation sites (N-methyl/N-ethyl adjacent to an activating group) is 2. The zero-order valence-corrected chi connectivity index (χ0v) is 10.8. The SMILES string of the molecule is CNCCN(C)Cc1cnc(N(C)C)s1. The van der Waals surface area contributed by atoms with Gasteiger partial charge in [-0.25, -0.2) is 4.98 Å². The highest BCUT2D eigenvalue weighted by Crippen LogP contribution is 2.21. The van der Waals surface area contributed by atoms with Crippen LogP contribution in [0.3, 0.4) is 0 Å². The highest BCUT2D eigenvalue weighted by molar-refractivity contribution is 7.15. The molecule has 0 aliphatic heterocycles. The maximum Gasteiger partial charge on any atom is 0.185 e. The zero-order chi connectivity index (χ0) is 11.3. The van der Waals surface area contributed by atoms with Crippen molar-refractivity contribution >= 4 is 16.5 Å². The topological polar surface area (TPSA) is 31.4 Å². The third kappa shape index (κ3) is 4.15. The lowest BCUT2D eigenvalue weighted by atomic mass is 10.4. The van der Waals surface area contributed by atoms with Gasteiger partial charge in [0.25, 0.3) is 0 Å². The lowest BCUT2D eigenvalue weighted by Crippen LogP contribution is -2.26. The summed E-state index contributed by atoms with van der Waals surface area (Å²) in [6, 6.07) is 0. The Kier molecular flexibility index (Phi) is 5.01. The Bertz CT molecular complexity index is 285. The van der Waals surface area contributed by atoms with Crippen molar-refractivity contribution in [3.05, 3.63) is 11.1 Å². The summed E-state index contributed by atoms with van der Waals surface area (Å²) < 4.78 is 0. The Morgan fingerprint density at radius 2 is 2.13 bits per heavy atom. The number of hydrogen-bond donors (Lipinski definition) is 1. The van der Waals surface area contributed by atoms with Crippen molar-refractivity contribution in [1.29, 1.82) is 0 Å². The van der Waals surface area contributed by atoms with Crippen molar-refractivity contribution in [3.63, 3.8) is 0 Å². The molecular weight excluding hydrogens is 208 g/mol. The van der Waals surface area contributed by atoms with Gasteiger partial charge in [0.05, 0.1) is 0 Å².